The SMILES string of the molecule is CC(C)(C)NC(=O)[C@@H](Cc1ccccc1)N(Cc1ccc(Br)cc1)C(=O)CCCN1C(=O)c2ccccc2S1(=O)=O. The molecule has 41 heavy (non-hydrogen) atoms. The van der Waals surface area contributed by atoms with Crippen molar-refractivity contribution in [2.45, 2.75) is 63.1 Å². The van der Waals surface area contributed by atoms with Gasteiger partial charge in [-0.2, -0.15) is 0 Å². The maximum Gasteiger partial charge on any atom is 0.269 e. The minimum atomic E-state index is -3.97. The molecule has 4 rings (SSSR count). The summed E-state index contributed by atoms with van der Waals surface area (Å²) in [6.07, 6.45) is 0.382. The van der Waals surface area contributed by atoms with Gasteiger partial charge in [0.15, 0.2) is 0 Å². The van der Waals surface area contributed by atoms with Gasteiger partial charge in [-0.15, -0.1) is 0 Å². The average molecular weight is 641 g/mol. The lowest BCUT2D eigenvalue weighted by molar-refractivity contribution is -0.142. The lowest BCUT2D eigenvalue weighted by Crippen LogP contribution is -2.54. The van der Waals surface area contributed by atoms with Gasteiger partial charge < -0.3 is 10.2 Å². The number of halogens is 1. The van der Waals surface area contributed by atoms with E-state index >= 15 is 0 Å². The zero-order chi connectivity index (χ0) is 29.8. The first-order chi connectivity index (χ1) is 19.4. The monoisotopic (exact) mass is 639 g/mol. The summed E-state index contributed by atoms with van der Waals surface area (Å²) >= 11 is 3.44. The molecule has 1 N–H and O–H groups in total. The molecule has 1 heterocycles. The first-order valence-electron chi connectivity index (χ1n) is 13.4. The number of benzene rings is 3. The number of fused-ring (bicyclic) bond motifs is 1. The van der Waals surface area contributed by atoms with Crippen LogP contribution in [0.15, 0.2) is 88.2 Å². The normalized spacial score (nSPS) is 14.8. The highest BCUT2D eigenvalue weighted by molar-refractivity contribution is 9.10. The van der Waals surface area contributed by atoms with E-state index in [4.69, 9.17) is 0 Å². The van der Waals surface area contributed by atoms with E-state index < -0.39 is 27.5 Å². The number of nitrogens with one attached hydrogen (secondary N) is 1. The number of carbonyl (C=O) groups excluding carboxylic acids is 3. The fraction of sp³-hybridized carbons (Fsp3) is 0.323. The van der Waals surface area contributed by atoms with Crippen molar-refractivity contribution < 1.29 is 22.8 Å². The van der Waals surface area contributed by atoms with Gasteiger partial charge in [0.1, 0.15) is 10.9 Å². The Labute approximate surface area is 249 Å². The zero-order valence-electron chi connectivity index (χ0n) is 23.3. The Morgan fingerprint density at radius 2 is 1.56 bits per heavy atom. The number of carbonyl (C=O) groups is 3. The molecule has 1 atom stereocenters. The number of sulfonamides is 1. The van der Waals surface area contributed by atoms with Crippen molar-refractivity contribution in [2.24, 2.45) is 0 Å². The van der Waals surface area contributed by atoms with Crippen molar-refractivity contribution in [3.63, 3.8) is 0 Å². The van der Waals surface area contributed by atoms with Crippen LogP contribution in [-0.2, 0) is 32.6 Å². The second-order valence-corrected chi connectivity index (χ2v) is 13.8. The predicted octanol–water partition coefficient (Wildman–Crippen LogP) is 4.93. The van der Waals surface area contributed by atoms with E-state index in [-0.39, 0.29) is 48.2 Å². The van der Waals surface area contributed by atoms with Gasteiger partial charge in [-0.3, -0.25) is 14.4 Å². The summed E-state index contributed by atoms with van der Waals surface area (Å²) in [4.78, 5) is 41.8. The molecule has 0 unspecified atom stereocenters. The fourth-order valence-corrected chi connectivity index (χ4v) is 6.63. The Morgan fingerprint density at radius 1 is 0.927 bits per heavy atom. The summed E-state index contributed by atoms with van der Waals surface area (Å²) in [5, 5.41) is 3.02. The third kappa shape index (κ3) is 7.42. The van der Waals surface area contributed by atoms with Gasteiger partial charge >= 0.3 is 0 Å². The van der Waals surface area contributed by atoms with Crippen LogP contribution < -0.4 is 5.32 Å². The molecule has 0 aliphatic carbocycles. The van der Waals surface area contributed by atoms with Gasteiger partial charge in [0.25, 0.3) is 15.9 Å². The first kappa shape index (κ1) is 30.5. The second-order valence-electron chi connectivity index (χ2n) is 11.1. The molecule has 0 spiro atoms. The van der Waals surface area contributed by atoms with Crippen LogP contribution in [0.25, 0.3) is 0 Å². The van der Waals surface area contributed by atoms with Crippen LogP contribution in [0.2, 0.25) is 0 Å². The lowest BCUT2D eigenvalue weighted by atomic mass is 10.00. The summed E-state index contributed by atoms with van der Waals surface area (Å²) in [6, 6.07) is 22.3. The van der Waals surface area contributed by atoms with E-state index in [0.717, 1.165) is 19.9 Å². The molecule has 3 aromatic rings. The second kappa shape index (κ2) is 12.6. The third-order valence-corrected chi connectivity index (χ3v) is 9.07. The van der Waals surface area contributed by atoms with E-state index in [1.807, 2.05) is 75.4 Å². The zero-order valence-corrected chi connectivity index (χ0v) is 25.7. The van der Waals surface area contributed by atoms with E-state index in [1.165, 1.54) is 12.1 Å². The van der Waals surface area contributed by atoms with Gasteiger partial charge in [0, 0.05) is 35.9 Å². The molecule has 8 nitrogen and oxygen atoms in total. The Morgan fingerprint density at radius 3 is 2.20 bits per heavy atom. The van der Waals surface area contributed by atoms with Crippen molar-refractivity contribution in [2.75, 3.05) is 6.54 Å². The van der Waals surface area contributed by atoms with Gasteiger partial charge in [-0.25, -0.2) is 12.7 Å². The van der Waals surface area contributed by atoms with Crippen LogP contribution in [0, 0.1) is 0 Å². The van der Waals surface area contributed by atoms with Crippen LogP contribution in [0.5, 0.6) is 0 Å². The summed E-state index contributed by atoms with van der Waals surface area (Å²) in [5.41, 5.74) is 1.37. The van der Waals surface area contributed by atoms with Crippen molar-refractivity contribution in [1.29, 1.82) is 0 Å². The lowest BCUT2D eigenvalue weighted by Gasteiger charge is -2.34. The molecule has 0 aromatic heterocycles. The molecule has 0 saturated carbocycles. The minimum absolute atomic E-state index is 0.0185. The number of nitrogens with zero attached hydrogens (tertiary/aromatic N) is 2. The molecule has 10 heteroatoms. The smallest absolute Gasteiger partial charge is 0.269 e. The van der Waals surface area contributed by atoms with E-state index in [0.29, 0.717) is 6.42 Å². The maximum atomic E-state index is 13.8. The molecule has 1 aliphatic rings. The molecular formula is C31H34BrN3O5S. The van der Waals surface area contributed by atoms with Gasteiger partial charge in [-0.1, -0.05) is 70.5 Å². The highest BCUT2D eigenvalue weighted by Gasteiger charge is 2.40. The Kier molecular flexibility index (Phi) is 9.34. The molecule has 0 radical (unpaired) electrons. The minimum Gasteiger partial charge on any atom is -0.350 e. The number of hydrogen-bond acceptors (Lipinski definition) is 5. The van der Waals surface area contributed by atoms with Gasteiger partial charge in [0.2, 0.25) is 11.8 Å². The maximum absolute atomic E-state index is 13.8. The first-order valence-corrected chi connectivity index (χ1v) is 15.7. The Hall–Kier alpha value is -3.50. The fourth-order valence-electron chi connectivity index (χ4n) is 4.76. The highest BCUT2D eigenvalue weighted by Crippen LogP contribution is 2.30. The topological polar surface area (TPSA) is 104 Å². The van der Waals surface area contributed by atoms with Crippen LogP contribution in [-0.4, -0.2) is 53.5 Å². The molecule has 3 aromatic carbocycles. The molecular weight excluding hydrogens is 606 g/mol. The van der Waals surface area contributed by atoms with Crippen LogP contribution >= 0.6 is 15.9 Å². The molecule has 3 amide bonds. The predicted molar refractivity (Wildman–Crippen MR) is 160 cm³/mol. The summed E-state index contributed by atoms with van der Waals surface area (Å²) < 4.78 is 27.6. The summed E-state index contributed by atoms with van der Waals surface area (Å²) in [5.74, 6) is -1.18. The molecule has 216 valence electrons. The molecule has 0 fully saturated rings. The number of amides is 3. The molecule has 0 saturated heterocycles. The van der Waals surface area contributed by atoms with Crippen molar-refractivity contribution in [1.82, 2.24) is 14.5 Å². The Bertz CT molecular complexity index is 1520. The standard InChI is InChI=1S/C31H34BrN3O5S/c1-31(2,3)33-29(37)26(20-22-10-5-4-6-11-22)34(21-23-15-17-24(32)18-16-23)28(36)14-9-19-35-30(38)25-12-7-8-13-27(25)41(35,39)40/h4-8,10-13,15-18,26H,9,14,19-21H2,1-3H3,(H,33,37)/t26-/m1/s1. The quantitative estimate of drug-likeness (QED) is 0.339. The third-order valence-electron chi connectivity index (χ3n) is 6.70. The molecule has 1 aliphatic heterocycles. The van der Waals surface area contributed by atoms with Gasteiger partial charge in [0.05, 0.1) is 5.56 Å². The Balaban J connectivity index is 1.58. The summed E-state index contributed by atoms with van der Waals surface area (Å²) in [6.45, 7) is 5.71. The van der Waals surface area contributed by atoms with Crippen molar-refractivity contribution in [3.8, 4) is 0 Å². The van der Waals surface area contributed by atoms with Crippen LogP contribution in [0.3, 0.4) is 0 Å². The van der Waals surface area contributed by atoms with Crippen molar-refractivity contribution in [3.05, 3.63) is 100 Å². The van der Waals surface area contributed by atoms with Crippen molar-refractivity contribution >= 4 is 43.7 Å². The van der Waals surface area contributed by atoms with Crippen LogP contribution in [0.1, 0.15) is 55.1 Å². The number of rotatable bonds is 10. The number of hydrogen-bond donors (Lipinski definition) is 1. The summed E-state index contributed by atoms with van der Waals surface area (Å²) in [7, 11) is -3.97. The van der Waals surface area contributed by atoms with Gasteiger partial charge in [-0.05, 0) is 62.6 Å². The molecule has 0 bridgehead atoms. The highest BCUT2D eigenvalue weighted by atomic mass is 79.9. The van der Waals surface area contributed by atoms with E-state index in [1.54, 1.807) is 17.0 Å². The van der Waals surface area contributed by atoms with Crippen LogP contribution in [0.4, 0.5) is 0 Å². The largest absolute Gasteiger partial charge is 0.350 e. The van der Waals surface area contributed by atoms with E-state index in [2.05, 4.69) is 21.2 Å². The van der Waals surface area contributed by atoms with E-state index in [9.17, 15) is 22.8 Å². The average Bonchev–Trinajstić information content (AvgIpc) is 3.11.